The number of aromatic nitrogens is 5. The zero-order valence-corrected chi connectivity index (χ0v) is 57.9. The second-order valence-electron chi connectivity index (χ2n) is 22.5. The van der Waals surface area contributed by atoms with Crippen molar-refractivity contribution in [2.45, 2.75) is 94.4 Å². The fourth-order valence-corrected chi connectivity index (χ4v) is 14.5. The number of hydrogen-bond acceptors (Lipinski definition) is 20. The third-order valence-electron chi connectivity index (χ3n) is 14.6. The highest BCUT2D eigenvalue weighted by molar-refractivity contribution is 9.11. The van der Waals surface area contributed by atoms with Crippen LogP contribution in [-0.4, -0.2) is 85.5 Å². The van der Waals surface area contributed by atoms with Crippen LogP contribution in [0.4, 0.5) is 0 Å². The molecule has 0 aliphatic heterocycles. The lowest BCUT2D eigenvalue weighted by Crippen LogP contribution is -2.25. The molecule has 2 aromatic carbocycles. The van der Waals surface area contributed by atoms with Crippen molar-refractivity contribution in [3.8, 4) is 74.8 Å². The first-order valence-electron chi connectivity index (χ1n) is 30.2. The number of carbonyl (C=O) groups excluding carboxylic acids is 5. The molecule has 10 aromatic heterocycles. The Morgan fingerprint density at radius 1 is 0.379 bits per heavy atom. The van der Waals surface area contributed by atoms with Gasteiger partial charge in [0.05, 0.1) is 32.5 Å². The van der Waals surface area contributed by atoms with Crippen molar-refractivity contribution < 1.29 is 46.6 Å². The lowest BCUT2D eigenvalue weighted by Gasteiger charge is -2.00. The van der Waals surface area contributed by atoms with Crippen molar-refractivity contribution in [1.29, 1.82) is 0 Å². The number of nitrogens with zero attached hydrogens (tertiary/aromatic N) is 5. The monoisotopic (exact) mass is 1510 g/mol. The van der Waals surface area contributed by atoms with Gasteiger partial charge in [-0.3, -0.25) is 24.0 Å². The number of rotatable bonds is 17. The lowest BCUT2D eigenvalue weighted by atomic mass is 10.1. The standard InChI is InChI=1S/2C17H14N2O2S.2C11H9BrN2O2S.C11H9ClN2O2S/c20-17(18-12-6-7-12)13-10-14(21-19-13)16-9-8-15(22-16)11-4-2-1-3-5-11;20-17(18-12-6-7-12)14-10-15(21-19-14)16-13(8-9-22-16)11-4-2-1-3-5-11;12-10-4-3-9(17-10)8-5-7(14-16-8)11(15)13-6-1-2-6;12-7-3-4-17-10(7)9-5-8(14-16-9)11(15)13-6-1-2-6;12-10-4-3-9(17-10)8-5-7(14-16-8)11(15)13-6-1-2-6/h2*1-5,8-10,12H,6-7H2,(H,18,20);3*3-6H,1-2H2,(H,13,15). The summed E-state index contributed by atoms with van der Waals surface area (Å²) in [6.45, 7) is 0. The zero-order valence-electron chi connectivity index (χ0n) is 49.9. The molecule has 0 radical (unpaired) electrons. The van der Waals surface area contributed by atoms with E-state index in [2.05, 4.69) is 121 Å². The van der Waals surface area contributed by atoms with Crippen molar-refractivity contribution in [2.24, 2.45) is 0 Å². The van der Waals surface area contributed by atoms with Crippen molar-refractivity contribution in [2.75, 3.05) is 0 Å². The largest absolute Gasteiger partial charge is 0.355 e. The Balaban J connectivity index is 0.000000108. The molecule has 28 heteroatoms. The van der Waals surface area contributed by atoms with Crippen LogP contribution in [0.3, 0.4) is 0 Å². The third kappa shape index (κ3) is 17.9. The number of nitrogens with one attached hydrogen (secondary N) is 5. The van der Waals surface area contributed by atoms with E-state index in [4.69, 9.17) is 34.2 Å². The van der Waals surface area contributed by atoms with Crippen molar-refractivity contribution in [3.05, 3.63) is 191 Å². The minimum atomic E-state index is -0.176. The van der Waals surface area contributed by atoms with Gasteiger partial charge in [-0.05, 0) is 166 Å². The van der Waals surface area contributed by atoms with Crippen LogP contribution in [0.2, 0.25) is 4.34 Å². The van der Waals surface area contributed by atoms with E-state index in [0.717, 1.165) is 113 Å². The summed E-state index contributed by atoms with van der Waals surface area (Å²) in [6.07, 6.45) is 10.6. The molecule has 0 unspecified atom stereocenters. The molecule has 484 valence electrons. The van der Waals surface area contributed by atoms with Crippen LogP contribution in [0.1, 0.15) is 117 Å². The maximum atomic E-state index is 12.0. The van der Waals surface area contributed by atoms with Crippen molar-refractivity contribution >= 4 is 130 Å². The molecule has 0 bridgehead atoms. The van der Waals surface area contributed by atoms with Gasteiger partial charge in [0.2, 0.25) is 0 Å². The second kappa shape index (κ2) is 30.1. The molecule has 5 aliphatic carbocycles. The molecule has 17 rings (SSSR count). The first-order chi connectivity index (χ1) is 46.3. The average molecular weight is 1520 g/mol. The van der Waals surface area contributed by atoms with Crippen LogP contribution in [0.5, 0.6) is 0 Å². The Labute approximate surface area is 584 Å². The van der Waals surface area contributed by atoms with E-state index in [1.54, 1.807) is 81.7 Å². The summed E-state index contributed by atoms with van der Waals surface area (Å²) in [7, 11) is 0. The van der Waals surface area contributed by atoms with Gasteiger partial charge in [0.1, 0.15) is 0 Å². The Morgan fingerprint density at radius 2 is 0.726 bits per heavy atom. The average Bonchev–Trinajstić information content (AvgIpc) is 1.75. The van der Waals surface area contributed by atoms with Gasteiger partial charge in [0, 0.05) is 75.5 Å². The van der Waals surface area contributed by atoms with Crippen LogP contribution in [0.15, 0.2) is 181 Å². The summed E-state index contributed by atoms with van der Waals surface area (Å²) < 4.78 is 28.8. The molecular weight excluding hydrogens is 1460 g/mol. The van der Waals surface area contributed by atoms with Crippen LogP contribution in [0.25, 0.3) is 74.8 Å². The number of thiophene rings is 5. The summed E-state index contributed by atoms with van der Waals surface area (Å²) in [5.74, 6) is 2.28. The highest BCUT2D eigenvalue weighted by Crippen LogP contribution is 2.40. The third-order valence-corrected chi connectivity index (χ3v) is 21.4. The maximum Gasteiger partial charge on any atom is 0.273 e. The van der Waals surface area contributed by atoms with Gasteiger partial charge in [-0.2, -0.15) is 0 Å². The first-order valence-corrected chi connectivity index (χ1v) is 36.4. The number of hydrogen-bond donors (Lipinski definition) is 5. The van der Waals surface area contributed by atoms with E-state index >= 15 is 0 Å². The fourth-order valence-electron chi connectivity index (χ4n) is 8.84. The normalized spacial score (nSPS) is 14.5. The predicted octanol–water partition coefficient (Wildman–Crippen LogP) is 17.0. The van der Waals surface area contributed by atoms with E-state index in [1.165, 1.54) is 16.9 Å². The predicted molar refractivity (Wildman–Crippen MR) is 373 cm³/mol. The molecule has 5 aliphatic rings. The Kier molecular flexibility index (Phi) is 20.7. The molecule has 20 nitrogen and oxygen atoms in total. The highest BCUT2D eigenvalue weighted by Gasteiger charge is 2.30. The van der Waals surface area contributed by atoms with E-state index in [9.17, 15) is 24.0 Å². The van der Waals surface area contributed by atoms with E-state index in [0.29, 0.717) is 91.8 Å². The van der Waals surface area contributed by atoms with Crippen LogP contribution < -0.4 is 26.6 Å². The summed E-state index contributed by atoms with van der Waals surface area (Å²) in [5.41, 5.74) is 5.07. The molecule has 95 heavy (non-hydrogen) atoms. The summed E-state index contributed by atoms with van der Waals surface area (Å²) in [5, 5.41) is 37.5. The number of halogens is 3. The summed E-state index contributed by atoms with van der Waals surface area (Å²) in [6, 6.07) is 45.9. The molecule has 0 saturated heterocycles. The van der Waals surface area contributed by atoms with Crippen molar-refractivity contribution in [1.82, 2.24) is 52.4 Å². The van der Waals surface area contributed by atoms with Crippen molar-refractivity contribution in [3.63, 3.8) is 0 Å². The van der Waals surface area contributed by atoms with Gasteiger partial charge in [0.15, 0.2) is 57.3 Å². The molecule has 0 atom stereocenters. The Morgan fingerprint density at radius 3 is 1.12 bits per heavy atom. The molecule has 5 saturated carbocycles. The van der Waals surface area contributed by atoms with Crippen LogP contribution >= 0.6 is 100 Å². The van der Waals surface area contributed by atoms with Gasteiger partial charge >= 0.3 is 0 Å². The SMILES string of the molecule is O=C(NC1CC1)c1cc(-c2ccc(-c3ccccc3)s2)on1.O=C(NC1CC1)c1cc(-c2ccc(Br)s2)on1.O=C(NC1CC1)c1cc(-c2ccc(Cl)s2)on1.O=C(NC1CC1)c1cc(-c2sccc2-c2ccccc2)on1.O=C(NC1CC1)c1cc(-c2sccc2Br)on1. The Hall–Kier alpha value is -8.41. The molecule has 5 fully saturated rings. The quantitative estimate of drug-likeness (QED) is 0.0567. The van der Waals surface area contributed by atoms with Crippen LogP contribution in [-0.2, 0) is 0 Å². The lowest BCUT2D eigenvalue weighted by molar-refractivity contribution is 0.0933. The molecule has 5 N–H and O–H groups in total. The number of carbonyl (C=O) groups is 5. The van der Waals surface area contributed by atoms with Gasteiger partial charge in [-0.25, -0.2) is 0 Å². The van der Waals surface area contributed by atoms with Gasteiger partial charge in [-0.1, -0.05) is 98.0 Å². The van der Waals surface area contributed by atoms with Crippen LogP contribution in [0, 0.1) is 0 Å². The Bertz CT molecular complexity index is 4520. The topological polar surface area (TPSA) is 276 Å². The molecule has 5 amide bonds. The molecule has 0 spiro atoms. The summed E-state index contributed by atoms with van der Waals surface area (Å²) >= 11 is 20.3. The number of benzene rings is 2. The zero-order chi connectivity index (χ0) is 65.4. The molecular formula is C67H55Br2ClN10O10S5. The minimum absolute atomic E-state index is 0.155. The van der Waals surface area contributed by atoms with Gasteiger partial charge in [0.25, 0.3) is 29.5 Å². The second-order valence-corrected chi connectivity index (χ2v) is 30.4. The van der Waals surface area contributed by atoms with Gasteiger partial charge in [-0.15, -0.1) is 56.7 Å². The van der Waals surface area contributed by atoms with E-state index in [1.807, 2.05) is 77.5 Å². The van der Waals surface area contributed by atoms with Gasteiger partial charge < -0.3 is 49.2 Å². The van der Waals surface area contributed by atoms with E-state index < -0.39 is 0 Å². The molecule has 10 heterocycles. The minimum Gasteiger partial charge on any atom is -0.355 e. The molecule has 12 aromatic rings. The first kappa shape index (κ1) is 65.3. The van der Waals surface area contributed by atoms with E-state index in [-0.39, 0.29) is 29.5 Å². The highest BCUT2D eigenvalue weighted by atomic mass is 79.9. The smallest absolute Gasteiger partial charge is 0.273 e. The fraction of sp³-hybridized carbons (Fsp3) is 0.224. The maximum absolute atomic E-state index is 12.0. The number of amides is 5. The summed E-state index contributed by atoms with van der Waals surface area (Å²) in [4.78, 5) is 64.9.